The Bertz CT molecular complexity index is 245. The van der Waals surface area contributed by atoms with Crippen molar-refractivity contribution in [3.05, 3.63) is 0 Å². The number of nitrogens with one attached hydrogen (secondary N) is 1. The van der Waals surface area contributed by atoms with Crippen LogP contribution >= 0.6 is 0 Å². The maximum Gasteiger partial charge on any atom is 0.317 e. The van der Waals surface area contributed by atoms with E-state index in [1.54, 1.807) is 18.7 Å². The molecule has 1 rings (SSSR count). The summed E-state index contributed by atoms with van der Waals surface area (Å²) in [4.78, 5) is 13.5. The van der Waals surface area contributed by atoms with Crippen LogP contribution < -0.4 is 5.32 Å². The summed E-state index contributed by atoms with van der Waals surface area (Å²) in [5, 5.41) is 12.6. The van der Waals surface area contributed by atoms with E-state index in [1.165, 1.54) is 0 Å². The highest BCUT2D eigenvalue weighted by atomic mass is 16.5. The molecule has 2 N–H and O–H groups in total. The predicted octanol–water partition coefficient (Wildman–Crippen LogP) is 0.968. The fraction of sp³-hybridized carbons (Fsp3) is 0.917. The SMILES string of the molecule is CCN(CC(C)(C)O)C(=O)NC[C@@H]1CCCO1. The Labute approximate surface area is 103 Å². The molecule has 0 bridgehead atoms. The molecule has 17 heavy (non-hydrogen) atoms. The van der Waals surface area contributed by atoms with Crippen molar-refractivity contribution in [3.63, 3.8) is 0 Å². The minimum atomic E-state index is -0.864. The normalized spacial score (nSPS) is 20.4. The first-order chi connectivity index (χ1) is 7.92. The van der Waals surface area contributed by atoms with Crippen LogP contribution in [0.2, 0.25) is 0 Å². The summed E-state index contributed by atoms with van der Waals surface area (Å²) in [6, 6.07) is -0.134. The third-order valence-electron chi connectivity index (χ3n) is 2.75. The monoisotopic (exact) mass is 244 g/mol. The molecule has 0 spiro atoms. The van der Waals surface area contributed by atoms with Gasteiger partial charge in [0.05, 0.1) is 18.2 Å². The van der Waals surface area contributed by atoms with Gasteiger partial charge in [0.2, 0.25) is 0 Å². The minimum absolute atomic E-state index is 0.134. The van der Waals surface area contributed by atoms with Gasteiger partial charge in [-0.05, 0) is 33.6 Å². The molecule has 0 aromatic heterocycles. The smallest absolute Gasteiger partial charge is 0.317 e. The zero-order chi connectivity index (χ0) is 12.9. The van der Waals surface area contributed by atoms with Crippen molar-refractivity contribution in [3.8, 4) is 0 Å². The van der Waals surface area contributed by atoms with E-state index < -0.39 is 5.60 Å². The average Bonchev–Trinajstić information content (AvgIpc) is 2.74. The number of nitrogens with zero attached hydrogens (tertiary/aromatic N) is 1. The predicted molar refractivity (Wildman–Crippen MR) is 65.9 cm³/mol. The lowest BCUT2D eigenvalue weighted by molar-refractivity contribution is 0.0469. The van der Waals surface area contributed by atoms with E-state index in [9.17, 15) is 9.90 Å². The molecule has 0 aliphatic carbocycles. The van der Waals surface area contributed by atoms with E-state index in [1.807, 2.05) is 6.92 Å². The number of urea groups is 1. The Morgan fingerprint density at radius 3 is 2.76 bits per heavy atom. The van der Waals surface area contributed by atoms with Crippen LogP contribution in [-0.4, -0.2) is 54.0 Å². The summed E-state index contributed by atoms with van der Waals surface area (Å²) in [7, 11) is 0. The summed E-state index contributed by atoms with van der Waals surface area (Å²) < 4.78 is 5.44. The first-order valence-electron chi connectivity index (χ1n) is 6.29. The zero-order valence-corrected chi connectivity index (χ0v) is 11.0. The van der Waals surface area contributed by atoms with Crippen LogP contribution in [0.3, 0.4) is 0 Å². The van der Waals surface area contributed by atoms with E-state index in [-0.39, 0.29) is 12.1 Å². The van der Waals surface area contributed by atoms with Gasteiger partial charge in [0.15, 0.2) is 0 Å². The highest BCUT2D eigenvalue weighted by molar-refractivity contribution is 5.74. The van der Waals surface area contributed by atoms with Crippen LogP contribution in [0, 0.1) is 0 Å². The molecule has 0 unspecified atom stereocenters. The maximum absolute atomic E-state index is 11.9. The van der Waals surface area contributed by atoms with Crippen molar-refractivity contribution in [2.75, 3.05) is 26.2 Å². The number of likely N-dealkylation sites (N-methyl/N-ethyl adjacent to an activating group) is 1. The number of amides is 2. The Hall–Kier alpha value is -0.810. The van der Waals surface area contributed by atoms with Gasteiger partial charge in [0.1, 0.15) is 0 Å². The number of hydrogen-bond donors (Lipinski definition) is 2. The van der Waals surface area contributed by atoms with Gasteiger partial charge in [0.25, 0.3) is 0 Å². The van der Waals surface area contributed by atoms with Crippen molar-refractivity contribution in [2.45, 2.75) is 45.3 Å². The molecule has 5 nitrogen and oxygen atoms in total. The molecule has 1 saturated heterocycles. The molecule has 2 amide bonds. The van der Waals surface area contributed by atoms with Crippen LogP contribution in [0.25, 0.3) is 0 Å². The van der Waals surface area contributed by atoms with E-state index >= 15 is 0 Å². The average molecular weight is 244 g/mol. The highest BCUT2D eigenvalue weighted by Crippen LogP contribution is 2.11. The molecule has 5 heteroatoms. The summed E-state index contributed by atoms with van der Waals surface area (Å²) >= 11 is 0. The van der Waals surface area contributed by atoms with Crippen molar-refractivity contribution in [2.24, 2.45) is 0 Å². The lowest BCUT2D eigenvalue weighted by Crippen LogP contribution is -2.48. The molecule has 1 heterocycles. The van der Waals surface area contributed by atoms with E-state index in [0.29, 0.717) is 19.6 Å². The molecule has 1 fully saturated rings. The topological polar surface area (TPSA) is 61.8 Å². The summed E-state index contributed by atoms with van der Waals surface area (Å²) in [6.45, 7) is 7.56. The quantitative estimate of drug-likeness (QED) is 0.757. The van der Waals surface area contributed by atoms with Crippen LogP contribution in [0.1, 0.15) is 33.6 Å². The lowest BCUT2D eigenvalue weighted by atomic mass is 10.1. The maximum atomic E-state index is 11.9. The van der Waals surface area contributed by atoms with Gasteiger partial charge in [-0.25, -0.2) is 4.79 Å². The van der Waals surface area contributed by atoms with Crippen LogP contribution in [-0.2, 0) is 4.74 Å². The van der Waals surface area contributed by atoms with Gasteiger partial charge in [-0.15, -0.1) is 0 Å². The molecule has 1 aliphatic heterocycles. The Balaban J connectivity index is 2.32. The number of carbonyl (C=O) groups excluding carboxylic acids is 1. The molecule has 0 radical (unpaired) electrons. The van der Waals surface area contributed by atoms with E-state index in [2.05, 4.69) is 5.32 Å². The molecular weight excluding hydrogens is 220 g/mol. The Morgan fingerprint density at radius 1 is 1.59 bits per heavy atom. The van der Waals surface area contributed by atoms with Crippen molar-refractivity contribution in [1.29, 1.82) is 0 Å². The summed E-state index contributed by atoms with van der Waals surface area (Å²) in [6.07, 6.45) is 2.24. The summed E-state index contributed by atoms with van der Waals surface area (Å²) in [5.41, 5.74) is -0.864. The first-order valence-corrected chi connectivity index (χ1v) is 6.29. The second kappa shape index (κ2) is 6.21. The second-order valence-corrected chi connectivity index (χ2v) is 5.15. The van der Waals surface area contributed by atoms with Gasteiger partial charge in [0, 0.05) is 19.7 Å². The third kappa shape index (κ3) is 5.37. The van der Waals surface area contributed by atoms with Crippen LogP contribution in [0.15, 0.2) is 0 Å². The molecule has 1 aliphatic rings. The number of hydrogen-bond acceptors (Lipinski definition) is 3. The van der Waals surface area contributed by atoms with Gasteiger partial charge in [-0.2, -0.15) is 0 Å². The number of ether oxygens (including phenoxy) is 1. The molecule has 0 aromatic rings. The van der Waals surface area contributed by atoms with Gasteiger partial charge >= 0.3 is 6.03 Å². The zero-order valence-electron chi connectivity index (χ0n) is 11.0. The van der Waals surface area contributed by atoms with Crippen molar-refractivity contribution < 1.29 is 14.6 Å². The van der Waals surface area contributed by atoms with Crippen LogP contribution in [0.5, 0.6) is 0 Å². The second-order valence-electron chi connectivity index (χ2n) is 5.15. The standard InChI is InChI=1S/C12H24N2O3/c1-4-14(9-12(2,3)16)11(15)13-8-10-6-5-7-17-10/h10,16H,4-9H2,1-3H3,(H,13,15)/t10-/m0/s1. The van der Waals surface area contributed by atoms with Gasteiger partial charge in [-0.1, -0.05) is 0 Å². The Kier molecular flexibility index (Phi) is 5.21. The number of rotatable bonds is 5. The fourth-order valence-corrected chi connectivity index (χ4v) is 1.91. The van der Waals surface area contributed by atoms with E-state index in [4.69, 9.17) is 4.74 Å². The first kappa shape index (κ1) is 14.3. The highest BCUT2D eigenvalue weighted by Gasteiger charge is 2.22. The molecule has 100 valence electrons. The molecule has 0 saturated carbocycles. The van der Waals surface area contributed by atoms with Gasteiger partial charge < -0.3 is 20.1 Å². The minimum Gasteiger partial charge on any atom is -0.389 e. The van der Waals surface area contributed by atoms with Gasteiger partial charge in [-0.3, -0.25) is 0 Å². The van der Waals surface area contributed by atoms with Crippen LogP contribution in [0.4, 0.5) is 4.79 Å². The Morgan fingerprint density at radius 2 is 2.29 bits per heavy atom. The fourth-order valence-electron chi connectivity index (χ4n) is 1.91. The lowest BCUT2D eigenvalue weighted by Gasteiger charge is -2.28. The number of carbonyl (C=O) groups is 1. The molecular formula is C12H24N2O3. The largest absolute Gasteiger partial charge is 0.389 e. The summed E-state index contributed by atoms with van der Waals surface area (Å²) in [5.74, 6) is 0. The molecule has 1 atom stereocenters. The van der Waals surface area contributed by atoms with Crippen molar-refractivity contribution >= 4 is 6.03 Å². The third-order valence-corrected chi connectivity index (χ3v) is 2.75. The molecule has 0 aromatic carbocycles. The van der Waals surface area contributed by atoms with E-state index in [0.717, 1.165) is 19.4 Å². The number of aliphatic hydroxyl groups is 1. The van der Waals surface area contributed by atoms with Crippen molar-refractivity contribution in [1.82, 2.24) is 10.2 Å².